The summed E-state index contributed by atoms with van der Waals surface area (Å²) in [7, 11) is 0. The van der Waals surface area contributed by atoms with Gasteiger partial charge in [-0.2, -0.15) is 0 Å². The molecule has 0 spiro atoms. The molecule has 4 amide bonds. The Morgan fingerprint density at radius 3 is 2.26 bits per heavy atom. The lowest BCUT2D eigenvalue weighted by atomic mass is 9.84. The molecule has 1 aromatic rings. The average molecular weight is 425 g/mol. The van der Waals surface area contributed by atoms with Crippen LogP contribution in [0.2, 0.25) is 0 Å². The summed E-state index contributed by atoms with van der Waals surface area (Å²) in [5.74, 6) is -0.168. The third-order valence-electron chi connectivity index (χ3n) is 7.00. The fourth-order valence-electron chi connectivity index (χ4n) is 4.79. The van der Waals surface area contributed by atoms with Gasteiger partial charge in [0.15, 0.2) is 0 Å². The molecule has 1 aromatic carbocycles. The third kappa shape index (κ3) is 3.68. The Hall–Kier alpha value is -2.90. The van der Waals surface area contributed by atoms with E-state index in [1.54, 1.807) is 21.9 Å². The van der Waals surface area contributed by atoms with Crippen molar-refractivity contribution in [1.82, 2.24) is 20.0 Å². The molecule has 0 aromatic heterocycles. The predicted molar refractivity (Wildman–Crippen MR) is 112 cm³/mol. The van der Waals surface area contributed by atoms with Crippen molar-refractivity contribution in [3.8, 4) is 0 Å². The number of amides is 4. The van der Waals surface area contributed by atoms with Gasteiger partial charge in [0, 0.05) is 43.7 Å². The molecular formula is C23H28N4O4. The smallest absolute Gasteiger partial charge is 0.255 e. The second-order valence-electron chi connectivity index (χ2n) is 8.99. The lowest BCUT2D eigenvalue weighted by Crippen LogP contribution is -2.54. The molecule has 2 heterocycles. The van der Waals surface area contributed by atoms with Crippen molar-refractivity contribution in [3.05, 3.63) is 35.4 Å². The highest BCUT2D eigenvalue weighted by Gasteiger charge is 2.47. The summed E-state index contributed by atoms with van der Waals surface area (Å²) in [6, 6.07) is 6.66. The van der Waals surface area contributed by atoms with Crippen molar-refractivity contribution in [2.45, 2.75) is 44.2 Å². The van der Waals surface area contributed by atoms with Crippen LogP contribution in [0.25, 0.3) is 0 Å². The maximum absolute atomic E-state index is 13.0. The Kier molecular flexibility index (Phi) is 5.16. The highest BCUT2D eigenvalue weighted by Crippen LogP contribution is 2.41. The molecule has 0 bridgehead atoms. The highest BCUT2D eigenvalue weighted by atomic mass is 16.2. The molecule has 1 unspecified atom stereocenters. The van der Waals surface area contributed by atoms with E-state index in [1.165, 1.54) is 0 Å². The monoisotopic (exact) mass is 424 g/mol. The van der Waals surface area contributed by atoms with E-state index in [-0.39, 0.29) is 42.1 Å². The lowest BCUT2D eigenvalue weighted by molar-refractivity contribution is -0.144. The first-order chi connectivity index (χ1) is 15.0. The molecule has 5 rings (SSSR count). The number of rotatable bonds is 5. The normalized spacial score (nSPS) is 23.4. The number of carbonyl (C=O) groups is 4. The van der Waals surface area contributed by atoms with Crippen molar-refractivity contribution >= 4 is 23.6 Å². The van der Waals surface area contributed by atoms with E-state index in [0.29, 0.717) is 37.3 Å². The van der Waals surface area contributed by atoms with Gasteiger partial charge in [-0.1, -0.05) is 24.6 Å². The summed E-state index contributed by atoms with van der Waals surface area (Å²) in [5, 5.41) is 2.76. The van der Waals surface area contributed by atoms with Gasteiger partial charge < -0.3 is 20.0 Å². The van der Waals surface area contributed by atoms with Crippen LogP contribution in [0.15, 0.2) is 24.3 Å². The Morgan fingerprint density at radius 1 is 0.935 bits per heavy atom. The molecule has 2 aliphatic heterocycles. The number of nitrogens with one attached hydrogen (secondary N) is 1. The third-order valence-corrected chi connectivity index (χ3v) is 7.00. The quantitative estimate of drug-likeness (QED) is 0.762. The van der Waals surface area contributed by atoms with Crippen LogP contribution in [0.3, 0.4) is 0 Å². The minimum atomic E-state index is -0.666. The standard InChI is InChI=1S/C23H28N4O4/c28-19(25-10-12-26(13-11-25)22(30)15-4-3-5-15)14-24-21(29)20-17-6-1-2-7-18(17)23(31)27(20)16-8-9-16/h1-2,6-7,15-16,20H,3-5,8-14H2,(H,24,29). The summed E-state index contributed by atoms with van der Waals surface area (Å²) < 4.78 is 0. The molecule has 2 saturated carbocycles. The van der Waals surface area contributed by atoms with Crippen molar-refractivity contribution in [1.29, 1.82) is 0 Å². The predicted octanol–water partition coefficient (Wildman–Crippen LogP) is 0.933. The number of hydrogen-bond donors (Lipinski definition) is 1. The first-order valence-electron chi connectivity index (χ1n) is 11.3. The number of carbonyl (C=O) groups excluding carboxylic acids is 4. The van der Waals surface area contributed by atoms with Crippen LogP contribution in [0.1, 0.15) is 54.1 Å². The molecule has 3 fully saturated rings. The van der Waals surface area contributed by atoms with Crippen molar-refractivity contribution in [2.75, 3.05) is 32.7 Å². The first kappa shape index (κ1) is 20.0. The first-order valence-corrected chi connectivity index (χ1v) is 11.3. The Balaban J connectivity index is 1.16. The average Bonchev–Trinajstić information content (AvgIpc) is 3.54. The summed E-state index contributed by atoms with van der Waals surface area (Å²) >= 11 is 0. The van der Waals surface area contributed by atoms with Crippen LogP contribution in [-0.4, -0.2) is 77.1 Å². The fourth-order valence-corrected chi connectivity index (χ4v) is 4.79. The summed E-state index contributed by atoms with van der Waals surface area (Å²) in [4.78, 5) is 56.1. The zero-order valence-electron chi connectivity index (χ0n) is 17.6. The Labute approximate surface area is 181 Å². The van der Waals surface area contributed by atoms with E-state index in [9.17, 15) is 19.2 Å². The SMILES string of the molecule is O=C(NCC(=O)N1CCN(C(=O)C2CCC2)CC1)C1c2ccccc2C(=O)N1C1CC1. The minimum Gasteiger partial charge on any atom is -0.345 e. The van der Waals surface area contributed by atoms with Gasteiger partial charge in [0.25, 0.3) is 5.91 Å². The molecule has 1 N–H and O–H groups in total. The number of fused-ring (bicyclic) bond motifs is 1. The topological polar surface area (TPSA) is 90.0 Å². The zero-order valence-corrected chi connectivity index (χ0v) is 17.6. The maximum atomic E-state index is 13.0. The van der Waals surface area contributed by atoms with E-state index in [0.717, 1.165) is 32.1 Å². The van der Waals surface area contributed by atoms with Crippen LogP contribution >= 0.6 is 0 Å². The van der Waals surface area contributed by atoms with E-state index in [2.05, 4.69) is 5.32 Å². The number of nitrogens with zero attached hydrogens (tertiary/aromatic N) is 3. The molecular weight excluding hydrogens is 396 g/mol. The van der Waals surface area contributed by atoms with Crippen molar-refractivity contribution in [2.24, 2.45) is 5.92 Å². The van der Waals surface area contributed by atoms with Crippen molar-refractivity contribution in [3.63, 3.8) is 0 Å². The largest absolute Gasteiger partial charge is 0.345 e. The molecule has 4 aliphatic rings. The minimum absolute atomic E-state index is 0.0965. The molecule has 0 radical (unpaired) electrons. The molecule has 8 heteroatoms. The zero-order chi connectivity index (χ0) is 21.5. The molecule has 8 nitrogen and oxygen atoms in total. The van der Waals surface area contributed by atoms with Crippen LogP contribution in [0, 0.1) is 5.92 Å². The van der Waals surface area contributed by atoms with Crippen LogP contribution < -0.4 is 5.32 Å². The van der Waals surface area contributed by atoms with Crippen molar-refractivity contribution < 1.29 is 19.2 Å². The molecule has 2 aliphatic carbocycles. The Morgan fingerprint density at radius 2 is 1.61 bits per heavy atom. The van der Waals surface area contributed by atoms with E-state index < -0.39 is 6.04 Å². The van der Waals surface area contributed by atoms with Gasteiger partial charge in [-0.05, 0) is 37.3 Å². The summed E-state index contributed by atoms with van der Waals surface area (Å²) in [5.41, 5.74) is 1.29. The second-order valence-corrected chi connectivity index (χ2v) is 8.99. The van der Waals surface area contributed by atoms with E-state index in [4.69, 9.17) is 0 Å². The summed E-state index contributed by atoms with van der Waals surface area (Å²) in [6.07, 6.45) is 4.91. The van der Waals surface area contributed by atoms with Crippen LogP contribution in [0.5, 0.6) is 0 Å². The maximum Gasteiger partial charge on any atom is 0.255 e. The number of piperazine rings is 1. The number of benzene rings is 1. The number of hydrogen-bond acceptors (Lipinski definition) is 4. The van der Waals surface area contributed by atoms with Gasteiger partial charge in [-0.15, -0.1) is 0 Å². The molecule has 1 atom stereocenters. The second kappa shape index (κ2) is 7.98. The van der Waals surface area contributed by atoms with E-state index >= 15 is 0 Å². The molecule has 1 saturated heterocycles. The van der Waals surface area contributed by atoms with Gasteiger partial charge in [0.1, 0.15) is 6.04 Å². The Bertz CT molecular complexity index is 916. The van der Waals surface area contributed by atoms with Crippen LogP contribution in [-0.2, 0) is 14.4 Å². The lowest BCUT2D eigenvalue weighted by Gasteiger charge is -2.38. The van der Waals surface area contributed by atoms with Gasteiger partial charge in [-0.25, -0.2) is 0 Å². The molecule has 164 valence electrons. The van der Waals surface area contributed by atoms with Gasteiger partial charge in [-0.3, -0.25) is 19.2 Å². The van der Waals surface area contributed by atoms with Gasteiger partial charge >= 0.3 is 0 Å². The van der Waals surface area contributed by atoms with E-state index in [1.807, 2.05) is 17.0 Å². The fraction of sp³-hybridized carbons (Fsp3) is 0.565. The summed E-state index contributed by atoms with van der Waals surface area (Å²) in [6.45, 7) is 1.99. The van der Waals surface area contributed by atoms with Gasteiger partial charge in [0.2, 0.25) is 17.7 Å². The van der Waals surface area contributed by atoms with Crippen LogP contribution in [0.4, 0.5) is 0 Å². The highest BCUT2D eigenvalue weighted by molar-refractivity contribution is 6.05. The van der Waals surface area contributed by atoms with Gasteiger partial charge in [0.05, 0.1) is 6.54 Å². The molecule has 31 heavy (non-hydrogen) atoms.